The van der Waals surface area contributed by atoms with Crippen LogP contribution in [0.1, 0.15) is 15.4 Å². The Hall–Kier alpha value is -3.12. The number of para-hydroxylation sites is 1. The van der Waals surface area contributed by atoms with Crippen LogP contribution in [-0.4, -0.2) is 20.9 Å². The number of amides is 1. The van der Waals surface area contributed by atoms with E-state index in [0.29, 0.717) is 16.3 Å². The Morgan fingerprint density at radius 3 is 2.68 bits per heavy atom. The zero-order chi connectivity index (χ0) is 17.2. The number of carbonyl (C=O) groups is 1. The van der Waals surface area contributed by atoms with Crippen molar-refractivity contribution in [3.05, 3.63) is 71.5 Å². The summed E-state index contributed by atoms with van der Waals surface area (Å²) in [6, 6.07) is 15.2. The van der Waals surface area contributed by atoms with Crippen LogP contribution >= 0.6 is 11.3 Å². The Balaban J connectivity index is 1.66. The van der Waals surface area contributed by atoms with E-state index in [1.54, 1.807) is 12.4 Å². The molecule has 4 rings (SSSR count). The monoisotopic (exact) mass is 346 g/mol. The van der Waals surface area contributed by atoms with Gasteiger partial charge in [-0.15, -0.1) is 11.3 Å². The zero-order valence-electron chi connectivity index (χ0n) is 13.4. The van der Waals surface area contributed by atoms with E-state index >= 15 is 0 Å². The topological polar surface area (TPSA) is 67.8 Å². The number of hydrogen-bond acceptors (Lipinski definition) is 5. The van der Waals surface area contributed by atoms with Crippen LogP contribution in [0.15, 0.2) is 60.9 Å². The molecule has 0 bridgehead atoms. The Kier molecular flexibility index (Phi) is 3.95. The van der Waals surface area contributed by atoms with Crippen LogP contribution in [0.25, 0.3) is 21.6 Å². The highest BCUT2D eigenvalue weighted by atomic mass is 32.1. The van der Waals surface area contributed by atoms with Crippen LogP contribution in [0.4, 0.5) is 5.69 Å². The molecule has 3 heterocycles. The van der Waals surface area contributed by atoms with Gasteiger partial charge in [0.25, 0.3) is 5.91 Å². The van der Waals surface area contributed by atoms with E-state index < -0.39 is 0 Å². The lowest BCUT2D eigenvalue weighted by Crippen LogP contribution is -2.12. The van der Waals surface area contributed by atoms with Crippen molar-refractivity contribution in [1.29, 1.82) is 0 Å². The number of anilines is 1. The van der Waals surface area contributed by atoms with Crippen LogP contribution in [0.3, 0.4) is 0 Å². The van der Waals surface area contributed by atoms with Crippen molar-refractivity contribution < 1.29 is 4.79 Å². The Bertz CT molecular complexity index is 1050. The molecule has 0 radical (unpaired) electrons. The fourth-order valence-corrected chi connectivity index (χ4v) is 3.53. The highest BCUT2D eigenvalue weighted by Crippen LogP contribution is 2.28. The molecule has 1 amide bonds. The number of nitrogens with one attached hydrogen (secondary N) is 1. The summed E-state index contributed by atoms with van der Waals surface area (Å²) in [5.74, 6) is -0.185. The second-order valence-electron chi connectivity index (χ2n) is 5.48. The number of pyridine rings is 2. The van der Waals surface area contributed by atoms with Gasteiger partial charge >= 0.3 is 0 Å². The molecule has 25 heavy (non-hydrogen) atoms. The van der Waals surface area contributed by atoms with E-state index in [2.05, 4.69) is 20.3 Å². The van der Waals surface area contributed by atoms with Crippen molar-refractivity contribution in [2.75, 3.05) is 5.32 Å². The summed E-state index contributed by atoms with van der Waals surface area (Å²) >= 11 is 1.34. The lowest BCUT2D eigenvalue weighted by molar-refractivity contribution is 0.103. The summed E-state index contributed by atoms with van der Waals surface area (Å²) in [6.07, 6.45) is 3.43. The summed E-state index contributed by atoms with van der Waals surface area (Å²) in [6.45, 7) is 1.83. The number of rotatable bonds is 3. The first-order valence-corrected chi connectivity index (χ1v) is 8.58. The van der Waals surface area contributed by atoms with Crippen LogP contribution < -0.4 is 5.32 Å². The van der Waals surface area contributed by atoms with Crippen molar-refractivity contribution in [2.24, 2.45) is 0 Å². The predicted octanol–water partition coefficient (Wildman–Crippen LogP) is 4.31. The standard InChI is InChI=1S/C19H14N4OS/c1-12-17(25-19(22-12)15-8-2-3-10-20-15)18(24)23-14-9-4-6-13-7-5-11-21-16(13)14/h2-11H,1H3,(H,23,24). The zero-order valence-corrected chi connectivity index (χ0v) is 14.2. The highest BCUT2D eigenvalue weighted by molar-refractivity contribution is 7.17. The summed E-state index contributed by atoms with van der Waals surface area (Å²) in [4.78, 5) is 26.5. The Morgan fingerprint density at radius 2 is 1.84 bits per heavy atom. The maximum Gasteiger partial charge on any atom is 0.267 e. The minimum Gasteiger partial charge on any atom is -0.319 e. The molecule has 5 nitrogen and oxygen atoms in total. The number of carbonyl (C=O) groups excluding carboxylic acids is 1. The molecule has 4 aromatic rings. The molecule has 0 spiro atoms. The lowest BCUT2D eigenvalue weighted by atomic mass is 10.2. The molecule has 0 aliphatic rings. The Labute approximate surface area is 148 Å². The van der Waals surface area contributed by atoms with E-state index in [4.69, 9.17) is 0 Å². The molecule has 0 atom stereocenters. The number of benzene rings is 1. The maximum absolute atomic E-state index is 12.7. The van der Waals surface area contributed by atoms with Crippen molar-refractivity contribution in [1.82, 2.24) is 15.0 Å². The number of aryl methyl sites for hydroxylation is 1. The number of fused-ring (bicyclic) bond motifs is 1. The molecule has 0 aliphatic heterocycles. The van der Waals surface area contributed by atoms with Gasteiger partial charge in [0.1, 0.15) is 9.88 Å². The van der Waals surface area contributed by atoms with Gasteiger partial charge in [0.05, 0.1) is 22.6 Å². The number of aromatic nitrogens is 3. The Morgan fingerprint density at radius 1 is 1.00 bits per heavy atom. The summed E-state index contributed by atoms with van der Waals surface area (Å²) < 4.78 is 0. The average Bonchev–Trinajstić information content (AvgIpc) is 3.05. The van der Waals surface area contributed by atoms with Crippen molar-refractivity contribution in [3.8, 4) is 10.7 Å². The van der Waals surface area contributed by atoms with E-state index in [1.807, 2.05) is 55.5 Å². The van der Waals surface area contributed by atoms with Crippen molar-refractivity contribution in [3.63, 3.8) is 0 Å². The summed E-state index contributed by atoms with van der Waals surface area (Å²) in [7, 11) is 0. The van der Waals surface area contributed by atoms with Crippen LogP contribution in [-0.2, 0) is 0 Å². The van der Waals surface area contributed by atoms with E-state index in [1.165, 1.54) is 11.3 Å². The molecule has 1 N–H and O–H groups in total. The normalized spacial score (nSPS) is 10.8. The van der Waals surface area contributed by atoms with E-state index in [9.17, 15) is 4.79 Å². The number of thiazole rings is 1. The van der Waals surface area contributed by atoms with Gasteiger partial charge in [0.2, 0.25) is 0 Å². The molecule has 0 fully saturated rings. The molecule has 0 aliphatic carbocycles. The lowest BCUT2D eigenvalue weighted by Gasteiger charge is -2.07. The molecule has 3 aromatic heterocycles. The first-order valence-electron chi connectivity index (χ1n) is 7.76. The third-order valence-electron chi connectivity index (χ3n) is 3.77. The molecule has 0 saturated carbocycles. The molecule has 122 valence electrons. The molecule has 0 unspecified atom stereocenters. The fourth-order valence-electron chi connectivity index (χ4n) is 2.59. The van der Waals surface area contributed by atoms with Gasteiger partial charge in [-0.25, -0.2) is 4.98 Å². The second-order valence-corrected chi connectivity index (χ2v) is 6.48. The van der Waals surface area contributed by atoms with Gasteiger partial charge in [0, 0.05) is 17.8 Å². The predicted molar refractivity (Wildman–Crippen MR) is 99.8 cm³/mol. The fraction of sp³-hybridized carbons (Fsp3) is 0.0526. The molecule has 6 heteroatoms. The first kappa shape index (κ1) is 15.4. The summed E-state index contributed by atoms with van der Waals surface area (Å²) in [5.41, 5.74) is 2.92. The molecular weight excluding hydrogens is 332 g/mol. The van der Waals surface area contributed by atoms with Gasteiger partial charge in [-0.1, -0.05) is 24.3 Å². The second kappa shape index (κ2) is 6.41. The van der Waals surface area contributed by atoms with E-state index in [-0.39, 0.29) is 5.91 Å². The number of hydrogen-bond donors (Lipinski definition) is 1. The van der Waals surface area contributed by atoms with E-state index in [0.717, 1.165) is 21.6 Å². The maximum atomic E-state index is 12.7. The molecule has 1 aromatic carbocycles. The highest BCUT2D eigenvalue weighted by Gasteiger charge is 2.17. The quantitative estimate of drug-likeness (QED) is 0.600. The van der Waals surface area contributed by atoms with Gasteiger partial charge in [-0.3, -0.25) is 14.8 Å². The SMILES string of the molecule is Cc1nc(-c2ccccn2)sc1C(=O)Nc1cccc2cccnc12. The largest absolute Gasteiger partial charge is 0.319 e. The van der Waals surface area contributed by atoms with Gasteiger partial charge in [-0.2, -0.15) is 0 Å². The minimum absolute atomic E-state index is 0.185. The van der Waals surface area contributed by atoms with Crippen LogP contribution in [0.5, 0.6) is 0 Å². The van der Waals surface area contributed by atoms with Gasteiger partial charge < -0.3 is 5.32 Å². The molecular formula is C19H14N4OS. The average molecular weight is 346 g/mol. The first-order chi connectivity index (χ1) is 12.2. The number of nitrogens with zero attached hydrogens (tertiary/aromatic N) is 3. The molecule has 0 saturated heterocycles. The van der Waals surface area contributed by atoms with Crippen molar-refractivity contribution in [2.45, 2.75) is 6.92 Å². The summed E-state index contributed by atoms with van der Waals surface area (Å²) in [5, 5.41) is 4.67. The third-order valence-corrected chi connectivity index (χ3v) is 4.95. The minimum atomic E-state index is -0.185. The van der Waals surface area contributed by atoms with Gasteiger partial charge in [0.15, 0.2) is 0 Å². The van der Waals surface area contributed by atoms with Gasteiger partial charge in [-0.05, 0) is 31.2 Å². The smallest absolute Gasteiger partial charge is 0.267 e. The van der Waals surface area contributed by atoms with Crippen LogP contribution in [0.2, 0.25) is 0 Å². The van der Waals surface area contributed by atoms with Crippen molar-refractivity contribution >= 4 is 33.8 Å². The third kappa shape index (κ3) is 2.99. The van der Waals surface area contributed by atoms with Crippen LogP contribution in [0, 0.1) is 6.92 Å².